The van der Waals surface area contributed by atoms with Crippen LogP contribution in [0.3, 0.4) is 0 Å². The number of carbonyl (C=O) groups is 1. The molecule has 1 N–H and O–H groups in total. The minimum absolute atomic E-state index is 0.118. The van der Waals surface area contributed by atoms with Crippen molar-refractivity contribution in [2.24, 2.45) is 0 Å². The highest BCUT2D eigenvalue weighted by molar-refractivity contribution is 8.00. The third-order valence-electron chi connectivity index (χ3n) is 2.97. The molecule has 0 saturated carbocycles. The van der Waals surface area contributed by atoms with Crippen LogP contribution >= 0.6 is 35.0 Å². The molecule has 2 rings (SSSR count). The summed E-state index contributed by atoms with van der Waals surface area (Å²) in [7, 11) is 0. The summed E-state index contributed by atoms with van der Waals surface area (Å²) in [5, 5.41) is 13.4. The normalized spacial score (nSPS) is 10.2. The third-order valence-corrected chi connectivity index (χ3v) is 4.51. The number of carbonyl (C=O) groups excluding carboxylic acids is 1. The van der Waals surface area contributed by atoms with Crippen molar-refractivity contribution >= 4 is 46.6 Å². The van der Waals surface area contributed by atoms with Crippen molar-refractivity contribution in [3.05, 3.63) is 51.1 Å². The minimum atomic E-state index is -0.246. The summed E-state index contributed by atoms with van der Waals surface area (Å²) in [6, 6.07) is 8.82. The summed E-state index contributed by atoms with van der Waals surface area (Å²) in [4.78, 5) is 16.4. The molecule has 0 bridgehead atoms. The van der Waals surface area contributed by atoms with Gasteiger partial charge in [-0.1, -0.05) is 35.0 Å². The van der Waals surface area contributed by atoms with Gasteiger partial charge in [0, 0.05) is 10.7 Å². The van der Waals surface area contributed by atoms with Crippen molar-refractivity contribution in [1.29, 1.82) is 5.26 Å². The van der Waals surface area contributed by atoms with E-state index in [1.807, 2.05) is 19.9 Å². The Morgan fingerprint density at radius 2 is 2.09 bits per heavy atom. The van der Waals surface area contributed by atoms with Crippen LogP contribution in [0.4, 0.5) is 5.69 Å². The molecule has 4 nitrogen and oxygen atoms in total. The Labute approximate surface area is 148 Å². The number of benzene rings is 1. The first-order valence-electron chi connectivity index (χ1n) is 6.66. The second kappa shape index (κ2) is 7.69. The first-order valence-corrected chi connectivity index (χ1v) is 8.41. The number of aromatic nitrogens is 1. The Bertz CT molecular complexity index is 803. The largest absolute Gasteiger partial charge is 0.324 e. The molecule has 0 unspecified atom stereocenters. The van der Waals surface area contributed by atoms with Gasteiger partial charge in [0.05, 0.1) is 22.0 Å². The number of hydrogen-bond acceptors (Lipinski definition) is 4. The lowest BCUT2D eigenvalue weighted by Crippen LogP contribution is -2.14. The zero-order valence-corrected chi connectivity index (χ0v) is 14.8. The van der Waals surface area contributed by atoms with E-state index >= 15 is 0 Å². The zero-order chi connectivity index (χ0) is 17.0. The van der Waals surface area contributed by atoms with Gasteiger partial charge in [-0.05, 0) is 43.7 Å². The summed E-state index contributed by atoms with van der Waals surface area (Å²) in [5.74, 6) is -0.128. The maximum atomic E-state index is 12.1. The van der Waals surface area contributed by atoms with Gasteiger partial charge in [0.25, 0.3) is 0 Å². The molecular formula is C16H13Cl2N3OS. The van der Waals surface area contributed by atoms with Crippen LogP contribution < -0.4 is 5.32 Å². The van der Waals surface area contributed by atoms with E-state index in [1.54, 1.807) is 18.2 Å². The van der Waals surface area contributed by atoms with Crippen LogP contribution in [0.1, 0.15) is 16.8 Å². The first-order chi connectivity index (χ1) is 10.9. The number of thioether (sulfide) groups is 1. The standard InChI is InChI=1S/C16H13Cl2N3OS/c1-9-5-10(2)20-16(12(9)7-19)23-8-15(22)21-14-6-11(17)3-4-13(14)18/h3-6H,8H2,1-2H3,(H,21,22). The smallest absolute Gasteiger partial charge is 0.234 e. The average Bonchev–Trinajstić information content (AvgIpc) is 2.48. The lowest BCUT2D eigenvalue weighted by molar-refractivity contribution is -0.113. The predicted octanol–water partition coefficient (Wildman–Crippen LogP) is 4.61. The second-order valence-electron chi connectivity index (χ2n) is 4.83. The van der Waals surface area contributed by atoms with Gasteiger partial charge >= 0.3 is 0 Å². The van der Waals surface area contributed by atoms with E-state index in [0.29, 0.717) is 26.3 Å². The summed E-state index contributed by atoms with van der Waals surface area (Å²) in [6.45, 7) is 3.70. The molecule has 1 amide bonds. The fraction of sp³-hybridized carbons (Fsp3) is 0.188. The van der Waals surface area contributed by atoms with Crippen LogP contribution in [0.5, 0.6) is 0 Å². The number of aryl methyl sites for hydroxylation is 2. The molecule has 0 saturated heterocycles. The Morgan fingerprint density at radius 3 is 2.78 bits per heavy atom. The van der Waals surface area contributed by atoms with Gasteiger partial charge in [0.15, 0.2) is 0 Å². The molecule has 0 atom stereocenters. The number of hydrogen-bond donors (Lipinski definition) is 1. The van der Waals surface area contributed by atoms with Crippen molar-refractivity contribution in [1.82, 2.24) is 4.98 Å². The molecule has 0 aliphatic carbocycles. The highest BCUT2D eigenvalue weighted by Gasteiger charge is 2.12. The van der Waals surface area contributed by atoms with E-state index in [4.69, 9.17) is 23.2 Å². The number of halogens is 2. The fourth-order valence-electron chi connectivity index (χ4n) is 1.96. The maximum absolute atomic E-state index is 12.1. The van der Waals surface area contributed by atoms with E-state index in [-0.39, 0.29) is 11.7 Å². The van der Waals surface area contributed by atoms with Crippen molar-refractivity contribution in [2.45, 2.75) is 18.9 Å². The lowest BCUT2D eigenvalue weighted by Gasteiger charge is -2.09. The van der Waals surface area contributed by atoms with E-state index in [0.717, 1.165) is 11.3 Å². The van der Waals surface area contributed by atoms with Crippen molar-refractivity contribution < 1.29 is 4.79 Å². The monoisotopic (exact) mass is 365 g/mol. The molecule has 0 spiro atoms. The quantitative estimate of drug-likeness (QED) is 0.803. The summed E-state index contributed by atoms with van der Waals surface area (Å²) in [6.07, 6.45) is 0. The van der Waals surface area contributed by atoms with Gasteiger partial charge in [-0.15, -0.1) is 0 Å². The summed E-state index contributed by atoms with van der Waals surface area (Å²) in [5.41, 5.74) is 2.61. The molecule has 1 aromatic heterocycles. The number of amides is 1. The van der Waals surface area contributed by atoms with Crippen LogP contribution in [-0.2, 0) is 4.79 Å². The zero-order valence-electron chi connectivity index (χ0n) is 12.5. The Balaban J connectivity index is 2.08. The van der Waals surface area contributed by atoms with Gasteiger partial charge in [0.2, 0.25) is 5.91 Å². The predicted molar refractivity (Wildman–Crippen MR) is 94.2 cm³/mol. The fourth-order valence-corrected chi connectivity index (χ4v) is 3.19. The van der Waals surface area contributed by atoms with Gasteiger partial charge < -0.3 is 5.32 Å². The van der Waals surface area contributed by atoms with Gasteiger partial charge in [0.1, 0.15) is 11.1 Å². The van der Waals surface area contributed by atoms with Crippen molar-refractivity contribution in [3.63, 3.8) is 0 Å². The molecule has 1 heterocycles. The van der Waals surface area contributed by atoms with Crippen LogP contribution in [-0.4, -0.2) is 16.6 Å². The lowest BCUT2D eigenvalue weighted by atomic mass is 10.1. The van der Waals surface area contributed by atoms with Crippen LogP contribution in [0.2, 0.25) is 10.0 Å². The molecule has 1 aromatic carbocycles. The van der Waals surface area contributed by atoms with Gasteiger partial charge in [-0.25, -0.2) is 4.98 Å². The first kappa shape index (κ1) is 17.6. The molecule has 7 heteroatoms. The van der Waals surface area contributed by atoms with E-state index < -0.39 is 0 Å². The highest BCUT2D eigenvalue weighted by Crippen LogP contribution is 2.27. The topological polar surface area (TPSA) is 65.8 Å². The maximum Gasteiger partial charge on any atom is 0.234 e. The van der Waals surface area contributed by atoms with Gasteiger partial charge in [-0.3, -0.25) is 4.79 Å². The van der Waals surface area contributed by atoms with E-state index in [2.05, 4.69) is 16.4 Å². The van der Waals surface area contributed by atoms with Crippen LogP contribution in [0, 0.1) is 25.2 Å². The van der Waals surface area contributed by atoms with Crippen LogP contribution in [0.15, 0.2) is 29.3 Å². The molecule has 0 aliphatic rings. The van der Waals surface area contributed by atoms with Crippen LogP contribution in [0.25, 0.3) is 0 Å². The van der Waals surface area contributed by atoms with Crippen molar-refractivity contribution in [3.8, 4) is 6.07 Å². The molecular weight excluding hydrogens is 353 g/mol. The Hall–Kier alpha value is -1.74. The molecule has 23 heavy (non-hydrogen) atoms. The Morgan fingerprint density at radius 1 is 1.35 bits per heavy atom. The molecule has 2 aromatic rings. The number of nitrogens with zero attached hydrogens (tertiary/aromatic N) is 2. The minimum Gasteiger partial charge on any atom is -0.324 e. The summed E-state index contributed by atoms with van der Waals surface area (Å²) < 4.78 is 0. The SMILES string of the molecule is Cc1cc(C)c(C#N)c(SCC(=O)Nc2cc(Cl)ccc2Cl)n1. The van der Waals surface area contributed by atoms with Gasteiger partial charge in [-0.2, -0.15) is 5.26 Å². The molecule has 0 fully saturated rings. The number of anilines is 1. The molecule has 0 aliphatic heterocycles. The summed E-state index contributed by atoms with van der Waals surface area (Å²) >= 11 is 13.1. The number of nitriles is 1. The second-order valence-corrected chi connectivity index (χ2v) is 6.64. The number of pyridine rings is 1. The van der Waals surface area contributed by atoms with E-state index in [9.17, 15) is 10.1 Å². The average molecular weight is 366 g/mol. The number of rotatable bonds is 4. The third kappa shape index (κ3) is 4.61. The Kier molecular flexibility index (Phi) is 5.89. The highest BCUT2D eigenvalue weighted by atomic mass is 35.5. The van der Waals surface area contributed by atoms with E-state index in [1.165, 1.54) is 11.8 Å². The number of nitrogens with one attached hydrogen (secondary N) is 1. The molecule has 0 radical (unpaired) electrons. The molecule has 118 valence electrons. The van der Waals surface area contributed by atoms with Crippen molar-refractivity contribution in [2.75, 3.05) is 11.1 Å².